The van der Waals surface area contributed by atoms with E-state index in [9.17, 15) is 4.79 Å². The molecule has 1 aromatic carbocycles. The zero-order chi connectivity index (χ0) is 15.1. The average Bonchev–Trinajstić information content (AvgIpc) is 2.39. The molecular formula is C16H24ClNO2. The molecule has 4 heteroatoms. The van der Waals surface area contributed by atoms with Gasteiger partial charge >= 0.3 is 0 Å². The maximum atomic E-state index is 12.4. The Morgan fingerprint density at radius 3 is 2.35 bits per heavy atom. The van der Waals surface area contributed by atoms with Gasteiger partial charge in [-0.25, -0.2) is 0 Å². The summed E-state index contributed by atoms with van der Waals surface area (Å²) in [5, 5.41) is 12.5. The first-order valence-corrected chi connectivity index (χ1v) is 7.47. The second-order valence-electron chi connectivity index (χ2n) is 5.64. The molecule has 0 aliphatic heterocycles. The van der Waals surface area contributed by atoms with Crippen molar-refractivity contribution in [1.29, 1.82) is 0 Å². The summed E-state index contributed by atoms with van der Waals surface area (Å²) in [5.41, 5.74) is 0.983. The van der Waals surface area contributed by atoms with Gasteiger partial charge in [0.05, 0.1) is 5.92 Å². The smallest absolute Gasteiger partial charge is 0.227 e. The summed E-state index contributed by atoms with van der Waals surface area (Å²) in [7, 11) is 0. The van der Waals surface area contributed by atoms with Crippen molar-refractivity contribution in [2.24, 2.45) is 11.8 Å². The van der Waals surface area contributed by atoms with Gasteiger partial charge in [0.15, 0.2) is 0 Å². The molecule has 1 aromatic rings. The van der Waals surface area contributed by atoms with E-state index in [2.05, 4.69) is 5.32 Å². The number of halogens is 1. The molecule has 0 saturated heterocycles. The molecule has 2 N–H and O–H groups in total. The number of aliphatic hydroxyl groups is 1. The Morgan fingerprint density at radius 1 is 1.25 bits per heavy atom. The van der Waals surface area contributed by atoms with Gasteiger partial charge in [-0.05, 0) is 36.0 Å². The summed E-state index contributed by atoms with van der Waals surface area (Å²) in [6.07, 6.45) is 0.702. The van der Waals surface area contributed by atoms with Crippen LogP contribution in [0.2, 0.25) is 5.02 Å². The van der Waals surface area contributed by atoms with E-state index in [4.69, 9.17) is 16.7 Å². The first-order valence-electron chi connectivity index (χ1n) is 7.09. The first-order chi connectivity index (χ1) is 9.45. The van der Waals surface area contributed by atoms with Gasteiger partial charge in [-0.15, -0.1) is 0 Å². The van der Waals surface area contributed by atoms with Crippen LogP contribution < -0.4 is 5.32 Å². The summed E-state index contributed by atoms with van der Waals surface area (Å²) < 4.78 is 0. The predicted molar refractivity (Wildman–Crippen MR) is 82.9 cm³/mol. The van der Waals surface area contributed by atoms with Gasteiger partial charge < -0.3 is 10.4 Å². The molecule has 1 rings (SSSR count). The number of nitrogens with one attached hydrogen (secondary N) is 1. The highest BCUT2D eigenvalue weighted by Crippen LogP contribution is 2.26. The first kappa shape index (κ1) is 17.0. The highest BCUT2D eigenvalue weighted by molar-refractivity contribution is 6.30. The van der Waals surface area contributed by atoms with E-state index < -0.39 is 0 Å². The minimum atomic E-state index is -0.173. The van der Waals surface area contributed by atoms with Crippen molar-refractivity contribution >= 4 is 17.5 Å². The molecule has 2 atom stereocenters. The monoisotopic (exact) mass is 297 g/mol. The van der Waals surface area contributed by atoms with E-state index in [0.29, 0.717) is 18.0 Å². The maximum absolute atomic E-state index is 12.4. The van der Waals surface area contributed by atoms with Crippen LogP contribution in [0.15, 0.2) is 24.3 Å². The van der Waals surface area contributed by atoms with E-state index in [1.54, 1.807) is 0 Å². The Labute approximate surface area is 126 Å². The van der Waals surface area contributed by atoms with E-state index >= 15 is 0 Å². The largest absolute Gasteiger partial charge is 0.396 e. The molecule has 0 heterocycles. The SMILES string of the molecule is CC(CCO)CNC(=O)C(c1ccc(Cl)cc1)C(C)C. The van der Waals surface area contributed by atoms with Crippen molar-refractivity contribution in [3.05, 3.63) is 34.9 Å². The topological polar surface area (TPSA) is 49.3 Å². The highest BCUT2D eigenvalue weighted by Gasteiger charge is 2.24. The van der Waals surface area contributed by atoms with E-state index in [1.165, 1.54) is 0 Å². The zero-order valence-electron chi connectivity index (χ0n) is 12.4. The summed E-state index contributed by atoms with van der Waals surface area (Å²) in [4.78, 5) is 12.4. The van der Waals surface area contributed by atoms with Gasteiger partial charge in [-0.2, -0.15) is 0 Å². The highest BCUT2D eigenvalue weighted by atomic mass is 35.5. The fourth-order valence-corrected chi connectivity index (χ4v) is 2.34. The van der Waals surface area contributed by atoms with Gasteiger partial charge in [0, 0.05) is 18.2 Å². The lowest BCUT2D eigenvalue weighted by atomic mass is 9.87. The molecular weight excluding hydrogens is 274 g/mol. The number of aliphatic hydroxyl groups excluding tert-OH is 1. The normalized spacial score (nSPS) is 14.1. The van der Waals surface area contributed by atoms with Gasteiger partial charge in [0.1, 0.15) is 0 Å². The quantitative estimate of drug-likeness (QED) is 0.812. The van der Waals surface area contributed by atoms with Crippen LogP contribution >= 0.6 is 11.6 Å². The average molecular weight is 298 g/mol. The molecule has 0 aliphatic rings. The molecule has 0 radical (unpaired) electrons. The van der Waals surface area contributed by atoms with Crippen molar-refractivity contribution < 1.29 is 9.90 Å². The molecule has 0 saturated carbocycles. The van der Waals surface area contributed by atoms with Crippen LogP contribution in [0.25, 0.3) is 0 Å². The third-order valence-corrected chi connectivity index (χ3v) is 3.68. The van der Waals surface area contributed by atoms with E-state index in [1.807, 2.05) is 45.0 Å². The van der Waals surface area contributed by atoms with Crippen LogP contribution in [0.5, 0.6) is 0 Å². The van der Waals surface area contributed by atoms with Crippen LogP contribution in [-0.2, 0) is 4.79 Å². The summed E-state index contributed by atoms with van der Waals surface area (Å²) in [6, 6.07) is 7.44. The number of hydrogen-bond donors (Lipinski definition) is 2. The number of carbonyl (C=O) groups excluding carboxylic acids is 1. The lowest BCUT2D eigenvalue weighted by Gasteiger charge is -2.22. The summed E-state index contributed by atoms with van der Waals surface area (Å²) in [6.45, 7) is 6.84. The number of carbonyl (C=O) groups is 1. The molecule has 0 spiro atoms. The third kappa shape index (κ3) is 5.14. The molecule has 3 nitrogen and oxygen atoms in total. The Bertz CT molecular complexity index is 417. The van der Waals surface area contributed by atoms with Crippen molar-refractivity contribution in [3.63, 3.8) is 0 Å². The van der Waals surface area contributed by atoms with Gasteiger partial charge in [-0.1, -0.05) is 44.5 Å². The molecule has 0 fully saturated rings. The Morgan fingerprint density at radius 2 is 1.85 bits per heavy atom. The van der Waals surface area contributed by atoms with Crippen LogP contribution in [0.4, 0.5) is 0 Å². The minimum absolute atomic E-state index is 0.0344. The molecule has 2 unspecified atom stereocenters. The standard InChI is InChI=1S/C16H24ClNO2/c1-11(2)15(13-4-6-14(17)7-5-13)16(20)18-10-12(3)8-9-19/h4-7,11-12,15,19H,8-10H2,1-3H3,(H,18,20). The lowest BCUT2D eigenvalue weighted by Crippen LogP contribution is -2.35. The Kier molecular flexibility index (Phi) is 7.03. The fourth-order valence-electron chi connectivity index (χ4n) is 2.22. The molecule has 0 aliphatic carbocycles. The van der Waals surface area contributed by atoms with Crippen molar-refractivity contribution in [2.45, 2.75) is 33.1 Å². The number of benzene rings is 1. The molecule has 0 aromatic heterocycles. The summed E-state index contributed by atoms with van der Waals surface area (Å²) in [5.74, 6) is 0.354. The molecule has 0 bridgehead atoms. The number of rotatable bonds is 7. The molecule has 1 amide bonds. The van der Waals surface area contributed by atoms with Gasteiger partial charge in [0.25, 0.3) is 0 Å². The van der Waals surface area contributed by atoms with Crippen LogP contribution in [0.3, 0.4) is 0 Å². The van der Waals surface area contributed by atoms with Crippen molar-refractivity contribution in [3.8, 4) is 0 Å². The van der Waals surface area contributed by atoms with Crippen LogP contribution in [-0.4, -0.2) is 24.2 Å². The summed E-state index contributed by atoms with van der Waals surface area (Å²) >= 11 is 5.89. The Hall–Kier alpha value is -1.06. The minimum Gasteiger partial charge on any atom is -0.396 e. The van der Waals surface area contributed by atoms with Crippen LogP contribution in [0.1, 0.15) is 38.7 Å². The fraction of sp³-hybridized carbons (Fsp3) is 0.562. The van der Waals surface area contributed by atoms with Crippen molar-refractivity contribution in [2.75, 3.05) is 13.2 Å². The Balaban J connectivity index is 2.71. The van der Waals surface area contributed by atoms with Crippen molar-refractivity contribution in [1.82, 2.24) is 5.32 Å². The zero-order valence-corrected chi connectivity index (χ0v) is 13.2. The van der Waals surface area contributed by atoms with E-state index in [-0.39, 0.29) is 30.3 Å². The van der Waals surface area contributed by atoms with Gasteiger partial charge in [0.2, 0.25) is 5.91 Å². The number of hydrogen-bond acceptors (Lipinski definition) is 2. The second-order valence-corrected chi connectivity index (χ2v) is 6.07. The van der Waals surface area contributed by atoms with Crippen LogP contribution in [0, 0.1) is 11.8 Å². The number of amides is 1. The third-order valence-electron chi connectivity index (χ3n) is 3.42. The van der Waals surface area contributed by atoms with Gasteiger partial charge in [-0.3, -0.25) is 4.79 Å². The predicted octanol–water partition coefficient (Wildman–Crippen LogP) is 3.21. The second kappa shape index (κ2) is 8.28. The van der Waals surface area contributed by atoms with E-state index in [0.717, 1.165) is 5.56 Å². The maximum Gasteiger partial charge on any atom is 0.227 e. The molecule has 20 heavy (non-hydrogen) atoms. The molecule has 112 valence electrons. The lowest BCUT2D eigenvalue weighted by molar-refractivity contribution is -0.123.